The van der Waals surface area contributed by atoms with E-state index in [1.54, 1.807) is 22.7 Å². The topological polar surface area (TPSA) is 98.7 Å². The van der Waals surface area contributed by atoms with Crippen LogP contribution in [0.5, 0.6) is 0 Å². The van der Waals surface area contributed by atoms with Crippen LogP contribution in [0.15, 0.2) is 18.2 Å². The molecule has 4 rings (SSSR count). The summed E-state index contributed by atoms with van der Waals surface area (Å²) in [7, 11) is 0. The minimum absolute atomic E-state index is 0.0600. The Morgan fingerprint density at radius 2 is 2.00 bits per heavy atom. The van der Waals surface area contributed by atoms with E-state index in [2.05, 4.69) is 10.6 Å². The molecule has 3 amide bonds. The highest BCUT2D eigenvalue weighted by molar-refractivity contribution is 8.02. The standard InChI is InChI=1S/C26H36ClN3O4S/c1-3-13-28-23(32)19-18-11-12-26(35-18)20(19)25(34)30(14-6-4-5-7-15-31)22(26)24(33)29-21-16(2)9-8-10-17(21)27/h8-10,18-20,22,31H,3-7,11-15H2,1-2H3,(H,28,32)(H,29,33)/t18-,19+,20+,22?,26?/m1/s1. The number of para-hydroxylation sites is 1. The molecule has 0 aliphatic carbocycles. The number of thioether (sulfide) groups is 1. The Morgan fingerprint density at radius 1 is 1.23 bits per heavy atom. The highest BCUT2D eigenvalue weighted by Gasteiger charge is 2.73. The number of anilines is 1. The lowest BCUT2D eigenvalue weighted by Gasteiger charge is -2.34. The molecule has 0 aromatic heterocycles. The third-order valence-electron chi connectivity index (χ3n) is 7.68. The zero-order valence-corrected chi connectivity index (χ0v) is 22.1. The first-order valence-corrected chi connectivity index (χ1v) is 14.0. The summed E-state index contributed by atoms with van der Waals surface area (Å²) in [5.41, 5.74) is 1.43. The smallest absolute Gasteiger partial charge is 0.248 e. The molecule has 0 saturated carbocycles. The van der Waals surface area contributed by atoms with Crippen molar-refractivity contribution in [2.75, 3.05) is 25.0 Å². The predicted octanol–water partition coefficient (Wildman–Crippen LogP) is 3.76. The first kappa shape index (κ1) is 26.3. The van der Waals surface area contributed by atoms with E-state index in [0.717, 1.165) is 50.5 Å². The van der Waals surface area contributed by atoms with Gasteiger partial charge in [-0.15, -0.1) is 11.8 Å². The number of aliphatic hydroxyl groups is 1. The Kier molecular flexibility index (Phi) is 8.34. The molecule has 1 spiro atoms. The summed E-state index contributed by atoms with van der Waals surface area (Å²) in [6.07, 6.45) is 5.65. The fraction of sp³-hybridized carbons (Fsp3) is 0.654. The Morgan fingerprint density at radius 3 is 2.71 bits per heavy atom. The van der Waals surface area contributed by atoms with Crippen LogP contribution >= 0.6 is 23.4 Å². The van der Waals surface area contributed by atoms with E-state index in [4.69, 9.17) is 16.7 Å². The highest BCUT2D eigenvalue weighted by Crippen LogP contribution is 2.66. The molecule has 3 aliphatic heterocycles. The van der Waals surface area contributed by atoms with Crippen molar-refractivity contribution in [1.29, 1.82) is 0 Å². The van der Waals surface area contributed by atoms with Gasteiger partial charge in [0.1, 0.15) is 6.04 Å². The van der Waals surface area contributed by atoms with Crippen LogP contribution in [0.1, 0.15) is 57.4 Å². The van der Waals surface area contributed by atoms with Gasteiger partial charge in [0.2, 0.25) is 17.7 Å². The number of carbonyl (C=O) groups excluding carboxylic acids is 3. The number of amides is 3. The van der Waals surface area contributed by atoms with Gasteiger partial charge >= 0.3 is 0 Å². The molecule has 35 heavy (non-hydrogen) atoms. The van der Waals surface area contributed by atoms with Gasteiger partial charge in [-0.2, -0.15) is 0 Å². The summed E-state index contributed by atoms with van der Waals surface area (Å²) in [5, 5.41) is 15.6. The molecular formula is C26H36ClN3O4S. The molecule has 5 atom stereocenters. The third-order valence-corrected chi connectivity index (χ3v) is 9.94. The fourth-order valence-corrected chi connectivity index (χ4v) is 8.58. The zero-order chi connectivity index (χ0) is 25.2. The van der Waals surface area contributed by atoms with Crippen LogP contribution in [-0.2, 0) is 14.4 Å². The summed E-state index contributed by atoms with van der Waals surface area (Å²) in [4.78, 5) is 42.6. The number of carbonyl (C=O) groups is 3. The Labute approximate surface area is 216 Å². The van der Waals surface area contributed by atoms with Crippen LogP contribution < -0.4 is 10.6 Å². The number of rotatable bonds is 11. The van der Waals surface area contributed by atoms with Gasteiger partial charge in [0.15, 0.2) is 0 Å². The van der Waals surface area contributed by atoms with Gasteiger partial charge in [-0.25, -0.2) is 0 Å². The van der Waals surface area contributed by atoms with Crippen molar-refractivity contribution < 1.29 is 19.5 Å². The number of nitrogens with one attached hydrogen (secondary N) is 2. The van der Waals surface area contributed by atoms with E-state index >= 15 is 0 Å². The maximum atomic E-state index is 13.9. The van der Waals surface area contributed by atoms with E-state index in [9.17, 15) is 14.4 Å². The fourth-order valence-electron chi connectivity index (χ4n) is 6.09. The van der Waals surface area contributed by atoms with Gasteiger partial charge in [0.25, 0.3) is 0 Å². The summed E-state index contributed by atoms with van der Waals surface area (Å²) in [5.74, 6) is -1.24. The minimum atomic E-state index is -0.646. The van der Waals surface area contributed by atoms with Crippen molar-refractivity contribution >= 4 is 46.8 Å². The van der Waals surface area contributed by atoms with Crippen LogP contribution in [0.4, 0.5) is 5.69 Å². The number of aliphatic hydroxyl groups excluding tert-OH is 1. The van der Waals surface area contributed by atoms with E-state index in [1.807, 2.05) is 26.0 Å². The number of halogens is 1. The normalized spacial score (nSPS) is 28.9. The number of likely N-dealkylation sites (tertiary alicyclic amines) is 1. The maximum absolute atomic E-state index is 13.9. The van der Waals surface area contributed by atoms with Crippen molar-refractivity contribution in [2.45, 2.75) is 74.8 Å². The molecule has 9 heteroatoms. The number of hydrogen-bond acceptors (Lipinski definition) is 5. The average Bonchev–Trinajstić information content (AvgIpc) is 3.47. The van der Waals surface area contributed by atoms with Crippen LogP contribution in [-0.4, -0.2) is 63.5 Å². The maximum Gasteiger partial charge on any atom is 0.248 e. The highest BCUT2D eigenvalue weighted by atomic mass is 35.5. The molecule has 3 N–H and O–H groups in total. The Balaban J connectivity index is 1.63. The molecule has 192 valence electrons. The summed E-state index contributed by atoms with van der Waals surface area (Å²) < 4.78 is -0.597. The van der Waals surface area contributed by atoms with Crippen LogP contribution in [0.25, 0.3) is 0 Å². The molecule has 1 aromatic carbocycles. The van der Waals surface area contributed by atoms with Crippen molar-refractivity contribution in [3.8, 4) is 0 Å². The molecule has 2 unspecified atom stereocenters. The second kappa shape index (κ2) is 11.1. The largest absolute Gasteiger partial charge is 0.396 e. The monoisotopic (exact) mass is 521 g/mol. The van der Waals surface area contributed by atoms with E-state index in [1.165, 1.54) is 0 Å². The SMILES string of the molecule is CCCNC(=O)[C@@H]1[C@H]2C(=O)N(CCCCCCO)C(C(=O)Nc3c(C)cccc3Cl)C23CC[C@H]1S3. The van der Waals surface area contributed by atoms with Crippen molar-refractivity contribution in [3.63, 3.8) is 0 Å². The van der Waals surface area contributed by atoms with Crippen LogP contribution in [0.2, 0.25) is 5.02 Å². The number of nitrogens with zero attached hydrogens (tertiary/aromatic N) is 1. The molecule has 2 bridgehead atoms. The zero-order valence-electron chi connectivity index (χ0n) is 20.5. The Hall–Kier alpha value is -1.77. The molecule has 3 heterocycles. The first-order chi connectivity index (χ1) is 16.9. The molecular weight excluding hydrogens is 486 g/mol. The minimum Gasteiger partial charge on any atom is -0.396 e. The molecule has 3 aliphatic rings. The number of hydrogen-bond donors (Lipinski definition) is 3. The van der Waals surface area contributed by atoms with Gasteiger partial charge in [-0.05, 0) is 50.7 Å². The van der Waals surface area contributed by atoms with Gasteiger partial charge in [-0.1, -0.05) is 43.5 Å². The van der Waals surface area contributed by atoms with E-state index in [-0.39, 0.29) is 29.6 Å². The molecule has 3 saturated heterocycles. The number of benzene rings is 1. The molecule has 1 aromatic rings. The lowest BCUT2D eigenvalue weighted by Crippen LogP contribution is -2.52. The number of aryl methyl sites for hydroxylation is 1. The molecule has 3 fully saturated rings. The van der Waals surface area contributed by atoms with Gasteiger partial charge < -0.3 is 20.6 Å². The lowest BCUT2D eigenvalue weighted by atomic mass is 9.70. The van der Waals surface area contributed by atoms with Gasteiger partial charge in [0.05, 0.1) is 27.3 Å². The molecule has 7 nitrogen and oxygen atoms in total. The van der Waals surface area contributed by atoms with Gasteiger partial charge in [-0.3, -0.25) is 14.4 Å². The third kappa shape index (κ3) is 4.81. The first-order valence-electron chi connectivity index (χ1n) is 12.8. The predicted molar refractivity (Wildman–Crippen MR) is 139 cm³/mol. The van der Waals surface area contributed by atoms with Crippen molar-refractivity contribution in [1.82, 2.24) is 10.2 Å². The number of unbranched alkanes of at least 4 members (excludes halogenated alkanes) is 3. The lowest BCUT2D eigenvalue weighted by molar-refractivity contribution is -0.139. The Bertz CT molecular complexity index is 956. The average molecular weight is 522 g/mol. The summed E-state index contributed by atoms with van der Waals surface area (Å²) in [6, 6.07) is 4.83. The van der Waals surface area contributed by atoms with Crippen LogP contribution in [0, 0.1) is 18.8 Å². The van der Waals surface area contributed by atoms with Crippen molar-refractivity contribution in [3.05, 3.63) is 28.8 Å². The van der Waals surface area contributed by atoms with E-state index in [0.29, 0.717) is 23.8 Å². The quantitative estimate of drug-likeness (QED) is 0.385. The van der Waals surface area contributed by atoms with Gasteiger partial charge in [0, 0.05) is 24.9 Å². The molecule has 0 radical (unpaired) electrons. The van der Waals surface area contributed by atoms with Crippen LogP contribution in [0.3, 0.4) is 0 Å². The second-order valence-corrected chi connectivity index (χ2v) is 11.9. The van der Waals surface area contributed by atoms with E-state index < -0.39 is 22.6 Å². The summed E-state index contributed by atoms with van der Waals surface area (Å²) >= 11 is 8.08. The second-order valence-electron chi connectivity index (χ2n) is 9.94. The summed E-state index contributed by atoms with van der Waals surface area (Å²) in [6.45, 7) is 5.11. The number of fused-ring (bicyclic) bond motifs is 1. The van der Waals surface area contributed by atoms with Crippen molar-refractivity contribution in [2.24, 2.45) is 11.8 Å².